The Bertz CT molecular complexity index is 266. The number of carbonyl (C=O) groups is 1. The van der Waals surface area contributed by atoms with Gasteiger partial charge in [-0.25, -0.2) is 0 Å². The molecule has 1 fully saturated rings. The van der Waals surface area contributed by atoms with Gasteiger partial charge in [0.1, 0.15) is 17.2 Å². The van der Waals surface area contributed by atoms with E-state index in [9.17, 15) is 9.90 Å². The van der Waals surface area contributed by atoms with Crippen LogP contribution in [0.25, 0.3) is 0 Å². The van der Waals surface area contributed by atoms with Crippen LogP contribution in [0.2, 0.25) is 0 Å². The first-order valence-electron chi connectivity index (χ1n) is 5.48. The molecule has 0 spiro atoms. The number of hydrogen-bond donors (Lipinski definition) is 2. The number of carboxylic acids is 1. The molecule has 0 aromatic rings. The Morgan fingerprint density at radius 2 is 2.07 bits per heavy atom. The van der Waals surface area contributed by atoms with Crippen molar-refractivity contribution in [2.24, 2.45) is 10.5 Å². The lowest BCUT2D eigenvalue weighted by Crippen LogP contribution is -2.27. The van der Waals surface area contributed by atoms with Crippen LogP contribution in [-0.2, 0) is 4.79 Å². The minimum Gasteiger partial charge on any atom is -0.481 e. The van der Waals surface area contributed by atoms with Crippen LogP contribution in [-0.4, -0.2) is 17.6 Å². The highest BCUT2D eigenvalue weighted by atomic mass is 16.4. The van der Waals surface area contributed by atoms with Crippen LogP contribution in [0, 0.1) is 10.9 Å². The van der Waals surface area contributed by atoms with Gasteiger partial charge in [0, 0.05) is 0 Å². The highest BCUT2D eigenvalue weighted by molar-refractivity contribution is 5.74. The molecule has 0 amide bonds. The summed E-state index contributed by atoms with van der Waals surface area (Å²) in [5.74, 6) is -0.637. The van der Waals surface area contributed by atoms with Gasteiger partial charge in [-0.3, -0.25) is 4.79 Å². The van der Waals surface area contributed by atoms with Crippen molar-refractivity contribution in [3.63, 3.8) is 0 Å². The number of hydrogen-bond acceptors (Lipinski definition) is 3. The molecule has 1 aliphatic rings. The van der Waals surface area contributed by atoms with Crippen molar-refractivity contribution >= 4 is 5.97 Å². The smallest absolute Gasteiger partial charge is 0.309 e. The van der Waals surface area contributed by atoms with E-state index in [1.807, 2.05) is 0 Å². The van der Waals surface area contributed by atoms with Crippen LogP contribution in [0.1, 0.15) is 44.9 Å². The SMILES string of the molecule is N=[N+]=NCCCCC1(C(=O)O)CCCC1. The summed E-state index contributed by atoms with van der Waals surface area (Å²) in [5, 5.41) is 12.7. The molecule has 0 atom stereocenters. The molecule has 15 heavy (non-hydrogen) atoms. The van der Waals surface area contributed by atoms with Gasteiger partial charge in [0.2, 0.25) is 4.91 Å². The summed E-state index contributed by atoms with van der Waals surface area (Å²) < 4.78 is 0. The first-order chi connectivity index (χ1) is 7.21. The van der Waals surface area contributed by atoms with Gasteiger partial charge in [-0.15, -0.1) is 0 Å². The van der Waals surface area contributed by atoms with Crippen LogP contribution in [0.5, 0.6) is 0 Å². The normalized spacial score (nSPS) is 18.4. The number of rotatable bonds is 6. The zero-order chi connectivity index (χ0) is 11.1. The number of unbranched alkanes of at least 4 members (excludes halogenated alkanes) is 1. The fraction of sp³-hybridized carbons (Fsp3) is 0.900. The average Bonchev–Trinajstić information content (AvgIpc) is 2.67. The van der Waals surface area contributed by atoms with Gasteiger partial charge in [0.05, 0.1) is 5.41 Å². The summed E-state index contributed by atoms with van der Waals surface area (Å²) in [6, 6.07) is 0. The van der Waals surface area contributed by atoms with E-state index in [1.165, 1.54) is 0 Å². The molecular formula is C10H18N3O2+. The molecule has 84 valence electrons. The van der Waals surface area contributed by atoms with Crippen molar-refractivity contribution in [2.45, 2.75) is 44.9 Å². The van der Waals surface area contributed by atoms with Gasteiger partial charge in [-0.05, 0) is 25.7 Å². The van der Waals surface area contributed by atoms with Crippen LogP contribution in [0.3, 0.4) is 0 Å². The average molecular weight is 212 g/mol. The Morgan fingerprint density at radius 1 is 1.40 bits per heavy atom. The highest BCUT2D eigenvalue weighted by Crippen LogP contribution is 2.42. The van der Waals surface area contributed by atoms with Crippen LogP contribution in [0.15, 0.2) is 5.11 Å². The predicted molar refractivity (Wildman–Crippen MR) is 54.5 cm³/mol. The lowest BCUT2D eigenvalue weighted by Gasteiger charge is -2.23. The van der Waals surface area contributed by atoms with Crippen molar-refractivity contribution < 1.29 is 9.90 Å². The lowest BCUT2D eigenvalue weighted by atomic mass is 9.81. The Morgan fingerprint density at radius 3 is 2.60 bits per heavy atom. The molecule has 5 nitrogen and oxygen atoms in total. The molecule has 0 radical (unpaired) electrons. The van der Waals surface area contributed by atoms with Gasteiger partial charge in [0.25, 0.3) is 0 Å². The summed E-state index contributed by atoms with van der Waals surface area (Å²) in [6.45, 7) is 0.541. The Kier molecular flexibility index (Phi) is 4.43. The topological polar surface area (TPSA) is 87.6 Å². The second kappa shape index (κ2) is 5.61. The van der Waals surface area contributed by atoms with E-state index in [0.717, 1.165) is 44.9 Å². The van der Waals surface area contributed by atoms with Gasteiger partial charge in [-0.1, -0.05) is 19.3 Å². The monoisotopic (exact) mass is 212 g/mol. The third kappa shape index (κ3) is 3.13. The predicted octanol–water partition coefficient (Wildman–Crippen LogP) is 2.35. The molecule has 1 aliphatic carbocycles. The van der Waals surface area contributed by atoms with Gasteiger partial charge in [-0.2, -0.15) is 0 Å². The van der Waals surface area contributed by atoms with Gasteiger partial charge >= 0.3 is 5.97 Å². The van der Waals surface area contributed by atoms with E-state index in [1.54, 1.807) is 0 Å². The second-order valence-electron chi connectivity index (χ2n) is 4.21. The van der Waals surface area contributed by atoms with Crippen molar-refractivity contribution in [1.82, 2.24) is 4.91 Å². The van der Waals surface area contributed by atoms with Crippen molar-refractivity contribution in [1.29, 1.82) is 5.53 Å². The number of nitrogens with zero attached hydrogens (tertiary/aromatic N) is 2. The fourth-order valence-corrected chi connectivity index (χ4v) is 2.32. The van der Waals surface area contributed by atoms with E-state index in [4.69, 9.17) is 5.53 Å². The molecular weight excluding hydrogens is 194 g/mol. The standard InChI is InChI=1S/C10H17N3O2/c11-13-12-8-4-3-7-10(9(14)15)5-1-2-6-10/h11H,1-8H2/p+1. The quantitative estimate of drug-likeness (QED) is 0.402. The molecule has 0 aliphatic heterocycles. The third-order valence-electron chi connectivity index (χ3n) is 3.25. The van der Waals surface area contributed by atoms with Crippen LogP contribution < -0.4 is 4.91 Å². The van der Waals surface area contributed by atoms with E-state index in [-0.39, 0.29) is 0 Å². The Hall–Kier alpha value is -1.22. The molecule has 0 aromatic heterocycles. The maximum absolute atomic E-state index is 11.2. The molecule has 0 unspecified atom stereocenters. The molecule has 1 rings (SSSR count). The number of carboxylic acid groups (broad SMARTS) is 1. The molecule has 0 bridgehead atoms. The zero-order valence-electron chi connectivity index (χ0n) is 8.91. The number of aliphatic carboxylic acids is 1. The van der Waals surface area contributed by atoms with Crippen molar-refractivity contribution in [2.75, 3.05) is 6.54 Å². The van der Waals surface area contributed by atoms with E-state index < -0.39 is 11.4 Å². The molecule has 0 aromatic carbocycles. The lowest BCUT2D eigenvalue weighted by molar-refractivity contribution is -0.149. The zero-order valence-corrected chi connectivity index (χ0v) is 8.91. The second-order valence-corrected chi connectivity index (χ2v) is 4.21. The maximum atomic E-state index is 11.2. The molecule has 0 heterocycles. The highest BCUT2D eigenvalue weighted by Gasteiger charge is 2.40. The first kappa shape index (κ1) is 11.9. The minimum absolute atomic E-state index is 0.460. The first-order valence-corrected chi connectivity index (χ1v) is 5.48. The van der Waals surface area contributed by atoms with Crippen LogP contribution >= 0.6 is 0 Å². The summed E-state index contributed by atoms with van der Waals surface area (Å²) in [7, 11) is 0. The van der Waals surface area contributed by atoms with E-state index in [2.05, 4.69) is 10.0 Å². The largest absolute Gasteiger partial charge is 0.481 e. The van der Waals surface area contributed by atoms with Crippen molar-refractivity contribution in [3.8, 4) is 0 Å². The van der Waals surface area contributed by atoms with Gasteiger partial charge in [0.15, 0.2) is 0 Å². The molecule has 0 saturated heterocycles. The minimum atomic E-state index is -0.637. The summed E-state index contributed by atoms with van der Waals surface area (Å²) in [5.41, 5.74) is 6.02. The fourth-order valence-electron chi connectivity index (χ4n) is 2.32. The number of nitrogens with one attached hydrogen (secondary N) is 1. The van der Waals surface area contributed by atoms with E-state index >= 15 is 0 Å². The Balaban J connectivity index is 2.33. The maximum Gasteiger partial charge on any atom is 0.309 e. The Labute approximate surface area is 89.1 Å². The summed E-state index contributed by atoms with van der Waals surface area (Å²) in [6.07, 6.45) is 6.17. The van der Waals surface area contributed by atoms with Gasteiger partial charge < -0.3 is 5.11 Å². The summed E-state index contributed by atoms with van der Waals surface area (Å²) >= 11 is 0. The third-order valence-corrected chi connectivity index (χ3v) is 3.25. The molecule has 5 heteroatoms. The summed E-state index contributed by atoms with van der Waals surface area (Å²) in [4.78, 5) is 14.1. The van der Waals surface area contributed by atoms with Crippen LogP contribution in [0.4, 0.5) is 0 Å². The van der Waals surface area contributed by atoms with Crippen molar-refractivity contribution in [3.05, 3.63) is 0 Å². The molecule has 2 N–H and O–H groups in total. The molecule has 1 saturated carbocycles. The van der Waals surface area contributed by atoms with E-state index in [0.29, 0.717) is 6.54 Å².